The van der Waals surface area contributed by atoms with Crippen molar-refractivity contribution in [2.24, 2.45) is 11.7 Å². The fourth-order valence-electron chi connectivity index (χ4n) is 2.41. The molecule has 0 saturated heterocycles. The molecule has 0 heterocycles. The van der Waals surface area contributed by atoms with Gasteiger partial charge in [0.2, 0.25) is 0 Å². The van der Waals surface area contributed by atoms with Gasteiger partial charge in [-0.25, -0.2) is 0 Å². The quantitative estimate of drug-likeness (QED) is 0.632. The van der Waals surface area contributed by atoms with Crippen LogP contribution >= 0.6 is 0 Å². The number of amides is 2. The molecule has 3 N–H and O–H groups in total. The summed E-state index contributed by atoms with van der Waals surface area (Å²) in [5.41, 5.74) is 6.55. The second kappa shape index (κ2) is 10.3. The van der Waals surface area contributed by atoms with E-state index in [4.69, 9.17) is 15.2 Å². The zero-order valence-corrected chi connectivity index (χ0v) is 17.3. The summed E-state index contributed by atoms with van der Waals surface area (Å²) in [4.78, 5) is 24.3. The van der Waals surface area contributed by atoms with Crippen LogP contribution in [0.4, 0.5) is 0 Å². The molecule has 0 fully saturated rings. The number of nitrogens with two attached hydrogens (primary N) is 1. The zero-order chi connectivity index (χ0) is 21.4. The third-order valence-corrected chi connectivity index (χ3v) is 3.78. The summed E-state index contributed by atoms with van der Waals surface area (Å²) in [6.07, 6.45) is 1.60. The first-order chi connectivity index (χ1) is 13.7. The fourth-order valence-corrected chi connectivity index (χ4v) is 2.41. The fraction of sp³-hybridized carbons (Fsp3) is 0.304. The van der Waals surface area contributed by atoms with E-state index < -0.39 is 11.8 Å². The summed E-state index contributed by atoms with van der Waals surface area (Å²) in [5, 5.41) is 2.57. The molecule has 2 rings (SSSR count). The number of nitrogens with one attached hydrogen (secondary N) is 1. The van der Waals surface area contributed by atoms with Crippen LogP contribution in [0, 0.1) is 5.92 Å². The molecule has 29 heavy (non-hydrogen) atoms. The van der Waals surface area contributed by atoms with Crippen molar-refractivity contribution in [3.05, 3.63) is 65.4 Å². The minimum Gasteiger partial charge on any atom is -0.493 e. The molecule has 6 heteroatoms. The van der Waals surface area contributed by atoms with Crippen LogP contribution in [0.15, 0.2) is 54.2 Å². The monoisotopic (exact) mass is 396 g/mol. The molecule has 2 aromatic carbocycles. The first kappa shape index (κ1) is 22.0. The van der Waals surface area contributed by atoms with Crippen LogP contribution in [0.5, 0.6) is 11.5 Å². The molecular weight excluding hydrogens is 368 g/mol. The lowest BCUT2D eigenvalue weighted by atomic mass is 10.1. The van der Waals surface area contributed by atoms with E-state index in [1.165, 1.54) is 6.08 Å². The van der Waals surface area contributed by atoms with Crippen molar-refractivity contribution in [2.75, 3.05) is 6.61 Å². The highest BCUT2D eigenvalue weighted by molar-refractivity contribution is 6.04. The SMILES string of the molecule is CC(C)COc1ccc(C(=O)NC(=Cc2ccc(OC(C)C)cc2)C(N)=O)cc1. The summed E-state index contributed by atoms with van der Waals surface area (Å²) < 4.78 is 11.2. The van der Waals surface area contributed by atoms with Gasteiger partial charge in [-0.3, -0.25) is 9.59 Å². The van der Waals surface area contributed by atoms with Gasteiger partial charge in [0.25, 0.3) is 11.8 Å². The molecule has 0 unspecified atom stereocenters. The highest BCUT2D eigenvalue weighted by Gasteiger charge is 2.12. The molecule has 6 nitrogen and oxygen atoms in total. The average molecular weight is 396 g/mol. The van der Waals surface area contributed by atoms with Gasteiger partial charge in [-0.2, -0.15) is 0 Å². The van der Waals surface area contributed by atoms with Crippen molar-refractivity contribution in [3.8, 4) is 11.5 Å². The molecule has 0 atom stereocenters. The highest BCUT2D eigenvalue weighted by Crippen LogP contribution is 2.16. The van der Waals surface area contributed by atoms with Crippen LogP contribution in [0.3, 0.4) is 0 Å². The summed E-state index contributed by atoms with van der Waals surface area (Å²) in [5.74, 6) is 0.668. The molecule has 2 amide bonds. The number of primary amides is 1. The van der Waals surface area contributed by atoms with Crippen molar-refractivity contribution in [1.82, 2.24) is 5.32 Å². The van der Waals surface area contributed by atoms with Crippen molar-refractivity contribution in [3.63, 3.8) is 0 Å². The first-order valence-corrected chi connectivity index (χ1v) is 9.57. The molecule has 0 radical (unpaired) electrons. The lowest BCUT2D eigenvalue weighted by Gasteiger charge is -2.11. The predicted octanol–water partition coefficient (Wildman–Crippen LogP) is 3.76. The Hall–Kier alpha value is -3.28. The molecule has 0 aliphatic rings. The molecule has 0 bridgehead atoms. The van der Waals surface area contributed by atoms with E-state index in [2.05, 4.69) is 19.2 Å². The number of hydrogen-bond acceptors (Lipinski definition) is 4. The Morgan fingerprint density at radius 2 is 1.55 bits per heavy atom. The summed E-state index contributed by atoms with van der Waals surface area (Å²) in [7, 11) is 0. The van der Waals surface area contributed by atoms with Gasteiger partial charge in [-0.1, -0.05) is 26.0 Å². The van der Waals surface area contributed by atoms with E-state index in [9.17, 15) is 9.59 Å². The van der Waals surface area contributed by atoms with Crippen LogP contribution in [-0.4, -0.2) is 24.5 Å². The third kappa shape index (κ3) is 7.33. The van der Waals surface area contributed by atoms with Gasteiger partial charge in [0.05, 0.1) is 12.7 Å². The third-order valence-electron chi connectivity index (χ3n) is 3.78. The number of benzene rings is 2. The Morgan fingerprint density at radius 3 is 2.07 bits per heavy atom. The summed E-state index contributed by atoms with van der Waals surface area (Å²) in [6.45, 7) is 8.60. The lowest BCUT2D eigenvalue weighted by Crippen LogP contribution is -2.31. The van der Waals surface area contributed by atoms with Crippen LogP contribution in [0.25, 0.3) is 6.08 Å². The molecular formula is C23H28N2O4. The van der Waals surface area contributed by atoms with Gasteiger partial charge in [0.15, 0.2) is 0 Å². The van der Waals surface area contributed by atoms with Crippen LogP contribution < -0.4 is 20.5 Å². The molecule has 2 aromatic rings. The van der Waals surface area contributed by atoms with Crippen molar-refractivity contribution in [2.45, 2.75) is 33.8 Å². The second-order valence-corrected chi connectivity index (χ2v) is 7.34. The molecule has 0 saturated carbocycles. The van der Waals surface area contributed by atoms with E-state index in [0.717, 1.165) is 5.75 Å². The highest BCUT2D eigenvalue weighted by atomic mass is 16.5. The summed E-state index contributed by atoms with van der Waals surface area (Å²) in [6, 6.07) is 13.9. The number of carbonyl (C=O) groups excluding carboxylic acids is 2. The standard InChI is InChI=1S/C23H28N2O4/c1-15(2)14-28-19-11-7-18(8-12-19)23(27)25-21(22(24)26)13-17-5-9-20(10-6-17)29-16(3)4/h5-13,15-16H,14H2,1-4H3,(H2,24,26)(H,25,27). The molecule has 154 valence electrons. The van der Waals surface area contributed by atoms with Gasteiger partial charge in [-0.05, 0) is 67.8 Å². The Balaban J connectivity index is 2.08. The van der Waals surface area contributed by atoms with E-state index in [0.29, 0.717) is 29.4 Å². The van der Waals surface area contributed by atoms with Crippen molar-refractivity contribution in [1.29, 1.82) is 0 Å². The number of rotatable bonds is 9. The maximum Gasteiger partial charge on any atom is 0.265 e. The number of ether oxygens (including phenoxy) is 2. The van der Waals surface area contributed by atoms with Crippen molar-refractivity contribution < 1.29 is 19.1 Å². The maximum atomic E-state index is 12.5. The van der Waals surface area contributed by atoms with Crippen molar-refractivity contribution >= 4 is 17.9 Å². The second-order valence-electron chi connectivity index (χ2n) is 7.34. The smallest absolute Gasteiger partial charge is 0.265 e. The van der Waals surface area contributed by atoms with Crippen LogP contribution in [0.2, 0.25) is 0 Å². The predicted molar refractivity (Wildman–Crippen MR) is 114 cm³/mol. The largest absolute Gasteiger partial charge is 0.493 e. The molecule has 0 spiro atoms. The summed E-state index contributed by atoms with van der Waals surface area (Å²) >= 11 is 0. The Bertz CT molecular complexity index is 853. The van der Waals surface area contributed by atoms with Gasteiger partial charge < -0.3 is 20.5 Å². The Kier molecular flexibility index (Phi) is 7.83. The number of carbonyl (C=O) groups is 2. The van der Waals surface area contributed by atoms with Gasteiger partial charge in [0.1, 0.15) is 17.2 Å². The maximum absolute atomic E-state index is 12.5. The minimum atomic E-state index is -0.724. The Morgan fingerprint density at radius 1 is 0.966 bits per heavy atom. The molecule has 0 aliphatic carbocycles. The van der Waals surface area contributed by atoms with Gasteiger partial charge in [0, 0.05) is 5.56 Å². The van der Waals surface area contributed by atoms with E-state index in [1.54, 1.807) is 48.5 Å². The van der Waals surface area contributed by atoms with Crippen LogP contribution in [-0.2, 0) is 4.79 Å². The topological polar surface area (TPSA) is 90.7 Å². The van der Waals surface area contributed by atoms with E-state index >= 15 is 0 Å². The van der Waals surface area contributed by atoms with Gasteiger partial charge in [-0.15, -0.1) is 0 Å². The average Bonchev–Trinajstić information content (AvgIpc) is 2.67. The van der Waals surface area contributed by atoms with E-state index in [1.807, 2.05) is 13.8 Å². The zero-order valence-electron chi connectivity index (χ0n) is 17.3. The normalized spacial score (nSPS) is 11.4. The van der Waals surface area contributed by atoms with Crippen LogP contribution in [0.1, 0.15) is 43.6 Å². The minimum absolute atomic E-state index is 0.00709. The lowest BCUT2D eigenvalue weighted by molar-refractivity contribution is -0.114. The molecule has 0 aliphatic heterocycles. The Labute approximate surface area is 171 Å². The molecule has 0 aromatic heterocycles. The number of hydrogen-bond donors (Lipinski definition) is 2. The van der Waals surface area contributed by atoms with Gasteiger partial charge >= 0.3 is 0 Å². The van der Waals surface area contributed by atoms with E-state index in [-0.39, 0.29) is 11.8 Å². The first-order valence-electron chi connectivity index (χ1n) is 9.57.